The number of rotatable bonds is 4. The first-order valence-electron chi connectivity index (χ1n) is 9.18. The highest BCUT2D eigenvalue weighted by atomic mass is 32.2. The van der Waals surface area contributed by atoms with Crippen molar-refractivity contribution in [2.45, 2.75) is 44.4 Å². The Morgan fingerprint density at radius 3 is 2.55 bits per heavy atom. The molecule has 29 heavy (non-hydrogen) atoms. The van der Waals surface area contributed by atoms with Crippen LogP contribution in [-0.4, -0.2) is 42.2 Å². The van der Waals surface area contributed by atoms with Crippen molar-refractivity contribution in [1.82, 2.24) is 9.97 Å². The molecule has 1 unspecified atom stereocenters. The number of pyridine rings is 2. The number of hydrogen-bond acceptors (Lipinski definition) is 6. The van der Waals surface area contributed by atoms with Crippen molar-refractivity contribution in [1.29, 1.82) is 0 Å². The molecule has 8 heteroatoms. The predicted molar refractivity (Wildman–Crippen MR) is 114 cm³/mol. The molecule has 3 rings (SSSR count). The van der Waals surface area contributed by atoms with Crippen LogP contribution >= 0.6 is 0 Å². The molecule has 0 aliphatic carbocycles. The molecule has 3 heterocycles. The van der Waals surface area contributed by atoms with Gasteiger partial charge >= 0.3 is 0 Å². The number of ketones is 1. The second kappa shape index (κ2) is 7.02. The Bertz CT molecular complexity index is 1110. The molecule has 2 aromatic heterocycles. The number of aryl methyl sites for hydroxylation is 1. The molecule has 0 amide bonds. The highest BCUT2D eigenvalue weighted by Crippen LogP contribution is 2.37. The van der Waals surface area contributed by atoms with Gasteiger partial charge in [0.2, 0.25) is 0 Å². The summed E-state index contributed by atoms with van der Waals surface area (Å²) < 4.78 is 27.0. The third kappa shape index (κ3) is 3.81. The number of nitrogens with zero attached hydrogens (tertiary/aromatic N) is 3. The lowest BCUT2D eigenvalue weighted by Gasteiger charge is -2.40. The first-order chi connectivity index (χ1) is 13.4. The smallest absolute Gasteiger partial charge is 0.187 e. The third-order valence-corrected chi connectivity index (χ3v) is 8.48. The van der Waals surface area contributed by atoms with Gasteiger partial charge in [0, 0.05) is 17.6 Å². The molecule has 0 spiro atoms. The van der Waals surface area contributed by atoms with E-state index in [-0.39, 0.29) is 29.5 Å². The predicted octanol–water partition coefficient (Wildman–Crippen LogP) is 2.43. The molecule has 1 aliphatic rings. The summed E-state index contributed by atoms with van der Waals surface area (Å²) >= 11 is 0. The number of nitrogens with two attached hydrogens (primary N) is 1. The number of carbonyl (C=O) groups is 1. The second-order valence-corrected chi connectivity index (χ2v) is 11.1. The summed E-state index contributed by atoms with van der Waals surface area (Å²) in [5.41, 5.74) is 6.50. The number of Topliss-reactive ketones (excluding diaryl/α,β-unsaturated/α-hetero) is 1. The van der Waals surface area contributed by atoms with Gasteiger partial charge in [0.1, 0.15) is 28.6 Å². The maximum Gasteiger partial charge on any atom is 0.187 e. The minimum Gasteiger partial charge on any atom is -0.386 e. The largest absolute Gasteiger partial charge is 0.386 e. The number of halogens is 1. The van der Waals surface area contributed by atoms with Crippen molar-refractivity contribution in [3.05, 3.63) is 58.9 Å². The Morgan fingerprint density at radius 2 is 1.97 bits per heavy atom. The molecule has 2 atom stereocenters. The number of hydrogen-bond donors (Lipinski definition) is 1. The van der Waals surface area contributed by atoms with E-state index >= 15 is 0 Å². The Morgan fingerprint density at radius 1 is 1.28 bits per heavy atom. The van der Waals surface area contributed by atoms with Gasteiger partial charge in [-0.15, -0.1) is 0 Å². The lowest BCUT2D eigenvalue weighted by molar-refractivity contribution is 0.0987. The molecule has 154 valence electrons. The molecule has 6 nitrogen and oxygen atoms in total. The molecule has 0 saturated carbocycles. The summed E-state index contributed by atoms with van der Waals surface area (Å²) in [6, 6.07) is 6.15. The monoisotopic (exact) mass is 416 g/mol. The summed E-state index contributed by atoms with van der Waals surface area (Å²) in [5, 5.41) is 0. The molecular formula is C21H25FN4O2S. The molecule has 0 aromatic carbocycles. The maximum atomic E-state index is 14.7. The zero-order valence-corrected chi connectivity index (χ0v) is 17.8. The highest BCUT2D eigenvalue weighted by molar-refractivity contribution is 8.02. The minimum absolute atomic E-state index is 0.00847. The summed E-state index contributed by atoms with van der Waals surface area (Å²) in [6.07, 6.45) is 1.58. The van der Waals surface area contributed by atoms with Crippen LogP contribution in [0.15, 0.2) is 35.5 Å². The number of aliphatic imine (C=N–C) groups is 1. The Labute approximate surface area is 170 Å². The van der Waals surface area contributed by atoms with Gasteiger partial charge in [-0.3, -0.25) is 24.0 Å². The lowest BCUT2D eigenvalue weighted by atomic mass is 9.97. The standard InChI is InChI=1S/C21H25FN4O2S/c1-13-6-9-16(24-11-13)17(27)10-14-7-8-15(22)18(25-14)21(4)12-29(5,28)20(2,3)19(23)26-21/h6-9,11H,5,10,12H2,1-4H3,(H2,23,26)/t21-,29?/m0/s1. The second-order valence-electron chi connectivity index (χ2n) is 8.19. The fraction of sp³-hybridized carbons (Fsp3) is 0.381. The fourth-order valence-corrected chi connectivity index (χ4v) is 5.12. The SMILES string of the molecule is C=S1(=O)C[C@@](C)(c2nc(CC(=O)c3ccc(C)cn3)ccc2F)N=C(N)C1(C)C. The molecule has 2 aromatic rings. The van der Waals surface area contributed by atoms with E-state index in [0.29, 0.717) is 11.4 Å². The van der Waals surface area contributed by atoms with Crippen LogP contribution in [0.4, 0.5) is 4.39 Å². The van der Waals surface area contributed by atoms with E-state index in [9.17, 15) is 13.4 Å². The minimum atomic E-state index is -2.71. The van der Waals surface area contributed by atoms with E-state index < -0.39 is 25.6 Å². The molecule has 0 radical (unpaired) electrons. The summed E-state index contributed by atoms with van der Waals surface area (Å²) in [5.74, 6) is 3.19. The van der Waals surface area contributed by atoms with Crippen molar-refractivity contribution in [3.8, 4) is 0 Å². The number of carbonyl (C=O) groups excluding carboxylic acids is 1. The first kappa shape index (κ1) is 21.1. The van der Waals surface area contributed by atoms with Gasteiger partial charge in [-0.05, 0) is 66.8 Å². The van der Waals surface area contributed by atoms with E-state index in [1.807, 2.05) is 6.92 Å². The maximum absolute atomic E-state index is 14.7. The lowest BCUT2D eigenvalue weighted by Crippen LogP contribution is -2.55. The molecule has 2 N–H and O–H groups in total. The zero-order chi connectivity index (χ0) is 21.6. The molecule has 1 aliphatic heterocycles. The molecular weight excluding hydrogens is 391 g/mol. The summed E-state index contributed by atoms with van der Waals surface area (Å²) in [6.45, 7) is 6.95. The Balaban J connectivity index is 1.98. The Hall–Kier alpha value is -2.61. The molecule has 0 fully saturated rings. The van der Waals surface area contributed by atoms with Crippen LogP contribution in [0.25, 0.3) is 0 Å². The first-order valence-corrected chi connectivity index (χ1v) is 11.1. The van der Waals surface area contributed by atoms with Crippen LogP contribution in [0.2, 0.25) is 0 Å². The molecule has 0 bridgehead atoms. The number of amidine groups is 1. The fourth-order valence-electron chi connectivity index (χ4n) is 3.23. The van der Waals surface area contributed by atoms with Crippen LogP contribution < -0.4 is 5.73 Å². The van der Waals surface area contributed by atoms with Gasteiger partial charge in [0.25, 0.3) is 0 Å². The van der Waals surface area contributed by atoms with E-state index in [4.69, 9.17) is 5.73 Å². The van der Waals surface area contributed by atoms with Gasteiger partial charge in [0.05, 0.1) is 11.2 Å². The van der Waals surface area contributed by atoms with Crippen molar-refractivity contribution in [3.63, 3.8) is 0 Å². The van der Waals surface area contributed by atoms with Crippen molar-refractivity contribution in [2.75, 3.05) is 5.75 Å². The van der Waals surface area contributed by atoms with Crippen LogP contribution in [0, 0.1) is 12.7 Å². The van der Waals surface area contributed by atoms with E-state index in [1.54, 1.807) is 39.1 Å². The van der Waals surface area contributed by atoms with Crippen molar-refractivity contribution < 1.29 is 13.4 Å². The van der Waals surface area contributed by atoms with E-state index in [2.05, 4.69) is 20.8 Å². The number of aromatic nitrogens is 2. The summed E-state index contributed by atoms with van der Waals surface area (Å²) in [7, 11) is -2.71. The summed E-state index contributed by atoms with van der Waals surface area (Å²) in [4.78, 5) is 25.5. The Kier molecular flexibility index (Phi) is 5.11. The van der Waals surface area contributed by atoms with Crippen molar-refractivity contribution >= 4 is 27.0 Å². The average Bonchev–Trinajstić information content (AvgIpc) is 2.62. The van der Waals surface area contributed by atoms with Gasteiger partial charge in [-0.2, -0.15) is 0 Å². The van der Waals surface area contributed by atoms with Crippen LogP contribution in [0.5, 0.6) is 0 Å². The quantitative estimate of drug-likeness (QED) is 0.610. The van der Waals surface area contributed by atoms with Crippen molar-refractivity contribution in [2.24, 2.45) is 10.7 Å². The highest BCUT2D eigenvalue weighted by Gasteiger charge is 2.46. The van der Waals surface area contributed by atoms with Gasteiger partial charge < -0.3 is 5.73 Å². The third-order valence-electron chi connectivity index (χ3n) is 5.38. The zero-order valence-electron chi connectivity index (χ0n) is 17.0. The van der Waals surface area contributed by atoms with E-state index in [1.165, 1.54) is 12.1 Å². The van der Waals surface area contributed by atoms with Crippen LogP contribution in [0.1, 0.15) is 48.2 Å². The van der Waals surface area contributed by atoms with Gasteiger partial charge in [-0.25, -0.2) is 4.39 Å². The van der Waals surface area contributed by atoms with Gasteiger partial charge in [0.15, 0.2) is 5.78 Å². The normalized spacial score (nSPS) is 26.0. The van der Waals surface area contributed by atoms with Gasteiger partial charge in [-0.1, -0.05) is 6.07 Å². The van der Waals surface area contributed by atoms with Crippen LogP contribution in [0.3, 0.4) is 0 Å². The average molecular weight is 417 g/mol. The van der Waals surface area contributed by atoms with Crippen LogP contribution in [-0.2, 0) is 21.5 Å². The topological polar surface area (TPSA) is 98.3 Å². The molecule has 0 saturated heterocycles. The van der Waals surface area contributed by atoms with E-state index in [0.717, 1.165) is 5.56 Å².